The highest BCUT2D eigenvalue weighted by atomic mass is 79.9. The first-order chi connectivity index (χ1) is 5.27. The van der Waals surface area contributed by atoms with Crippen LogP contribution in [0.1, 0.15) is 0 Å². The van der Waals surface area contributed by atoms with Gasteiger partial charge in [-0.3, -0.25) is 0 Å². The molecule has 0 aliphatic carbocycles. The van der Waals surface area contributed by atoms with E-state index >= 15 is 0 Å². The molecule has 0 fully saturated rings. The van der Waals surface area contributed by atoms with Gasteiger partial charge in [-0.15, -0.1) is 4.39 Å². The number of rotatable bonds is 0. The topological polar surface area (TPSA) is 26.0 Å². The van der Waals surface area contributed by atoms with Gasteiger partial charge in [-0.1, -0.05) is 6.07 Å². The molecule has 2 rings (SSSR count). The van der Waals surface area contributed by atoms with E-state index in [1.165, 1.54) is 0 Å². The maximum Gasteiger partial charge on any atom is 0.382 e. The lowest BCUT2D eigenvalue weighted by Crippen LogP contribution is -1.70. The molecule has 2 nitrogen and oxygen atoms in total. The molecule has 0 unspecified atom stereocenters. The number of benzene rings is 1. The van der Waals surface area contributed by atoms with E-state index in [0.29, 0.717) is 11.1 Å². The highest BCUT2D eigenvalue weighted by molar-refractivity contribution is 9.10. The van der Waals surface area contributed by atoms with Crippen LogP contribution in [0, 0.1) is 6.14 Å². The van der Waals surface area contributed by atoms with Gasteiger partial charge < -0.3 is 4.42 Å². The summed E-state index contributed by atoms with van der Waals surface area (Å²) >= 11 is 3.22. The van der Waals surface area contributed by atoms with Crippen LogP contribution in [0.25, 0.3) is 11.1 Å². The van der Waals surface area contributed by atoms with Crippen molar-refractivity contribution in [1.29, 1.82) is 0 Å². The van der Waals surface area contributed by atoms with Gasteiger partial charge >= 0.3 is 6.14 Å². The zero-order valence-electron chi connectivity index (χ0n) is 5.34. The highest BCUT2D eigenvalue weighted by Gasteiger charge is 2.05. The van der Waals surface area contributed by atoms with Crippen LogP contribution in [0.5, 0.6) is 0 Å². The third-order valence-electron chi connectivity index (χ3n) is 1.34. The Morgan fingerprint density at radius 3 is 3.00 bits per heavy atom. The van der Waals surface area contributed by atoms with Crippen LogP contribution in [-0.4, -0.2) is 4.98 Å². The number of para-hydroxylation sites is 1. The maximum absolute atomic E-state index is 12.4. The van der Waals surface area contributed by atoms with Crippen LogP contribution in [0.4, 0.5) is 4.39 Å². The van der Waals surface area contributed by atoms with E-state index in [9.17, 15) is 4.39 Å². The van der Waals surface area contributed by atoms with Crippen LogP contribution in [0.2, 0.25) is 0 Å². The van der Waals surface area contributed by atoms with Crippen molar-refractivity contribution in [2.24, 2.45) is 0 Å². The van der Waals surface area contributed by atoms with E-state index in [0.717, 1.165) is 4.47 Å². The fourth-order valence-corrected chi connectivity index (χ4v) is 1.32. The predicted octanol–water partition coefficient (Wildman–Crippen LogP) is 2.73. The minimum atomic E-state index is -0.799. The van der Waals surface area contributed by atoms with Gasteiger partial charge in [-0.25, -0.2) is 0 Å². The summed E-state index contributed by atoms with van der Waals surface area (Å²) in [5.74, 6) is 0. The summed E-state index contributed by atoms with van der Waals surface area (Å²) in [4.78, 5) is 3.53. The highest BCUT2D eigenvalue weighted by Crippen LogP contribution is 2.22. The molecule has 56 valence electrons. The third kappa shape index (κ3) is 1.03. The quantitative estimate of drug-likeness (QED) is 0.676. The second kappa shape index (κ2) is 2.30. The molecule has 0 amide bonds. The number of aromatic nitrogens is 1. The zero-order chi connectivity index (χ0) is 7.84. The van der Waals surface area contributed by atoms with E-state index in [1.54, 1.807) is 18.2 Å². The number of halogens is 2. The van der Waals surface area contributed by atoms with Gasteiger partial charge in [0.05, 0.1) is 0 Å². The first-order valence-electron chi connectivity index (χ1n) is 2.98. The number of hydrogen-bond donors (Lipinski definition) is 0. The smallest absolute Gasteiger partial charge is 0.382 e. The van der Waals surface area contributed by atoms with E-state index < -0.39 is 6.14 Å². The molecule has 0 atom stereocenters. The Morgan fingerprint density at radius 1 is 1.45 bits per heavy atom. The minimum Gasteiger partial charge on any atom is -0.415 e. The molecule has 1 heterocycles. The zero-order valence-corrected chi connectivity index (χ0v) is 6.93. The fourth-order valence-electron chi connectivity index (χ4n) is 0.888. The molecule has 4 heteroatoms. The molecule has 1 aromatic heterocycles. The lowest BCUT2D eigenvalue weighted by Gasteiger charge is -1.86. The van der Waals surface area contributed by atoms with Crippen molar-refractivity contribution in [3.05, 3.63) is 28.8 Å². The SMILES string of the molecule is Fc1nc2c(Br)cccc2o1. The van der Waals surface area contributed by atoms with E-state index in [1.807, 2.05) is 0 Å². The number of nitrogens with zero attached hydrogens (tertiary/aromatic N) is 1. The van der Waals surface area contributed by atoms with E-state index in [4.69, 9.17) is 0 Å². The van der Waals surface area contributed by atoms with Gasteiger partial charge in [-0.2, -0.15) is 4.98 Å². The molecule has 0 saturated carbocycles. The lowest BCUT2D eigenvalue weighted by molar-refractivity contribution is 0.355. The molecular formula is C7H3BrFNO. The molecule has 0 radical (unpaired) electrons. The molecule has 1 aromatic carbocycles. The van der Waals surface area contributed by atoms with E-state index in [-0.39, 0.29) is 0 Å². The second-order valence-electron chi connectivity index (χ2n) is 2.05. The van der Waals surface area contributed by atoms with Crippen molar-refractivity contribution >= 4 is 27.0 Å². The average Bonchev–Trinajstić information content (AvgIpc) is 2.31. The molecule has 0 spiro atoms. The molecule has 0 aliphatic heterocycles. The predicted molar refractivity (Wildman–Crippen MR) is 41.7 cm³/mol. The second-order valence-corrected chi connectivity index (χ2v) is 2.91. The normalized spacial score (nSPS) is 10.7. The summed E-state index contributed by atoms with van der Waals surface area (Å²) in [5, 5.41) is 0. The van der Waals surface area contributed by atoms with E-state index in [2.05, 4.69) is 25.3 Å². The standard InChI is InChI=1S/C7H3BrFNO/c8-4-2-1-3-5-6(4)10-7(9)11-5/h1-3H. The van der Waals surface area contributed by atoms with Gasteiger partial charge in [0.1, 0.15) is 5.52 Å². The largest absolute Gasteiger partial charge is 0.415 e. The molecule has 2 aromatic rings. The molecule has 11 heavy (non-hydrogen) atoms. The molecule has 0 aliphatic rings. The average molecular weight is 216 g/mol. The molecular weight excluding hydrogens is 213 g/mol. The Labute approximate surface area is 70.2 Å². The summed E-state index contributed by atoms with van der Waals surface area (Å²) < 4.78 is 17.8. The Bertz CT molecular complexity index is 398. The number of oxazole rings is 1. The number of fused-ring (bicyclic) bond motifs is 1. The van der Waals surface area contributed by atoms with Crippen molar-refractivity contribution in [2.45, 2.75) is 0 Å². The Kier molecular flexibility index (Phi) is 1.42. The van der Waals surface area contributed by atoms with Crippen molar-refractivity contribution in [2.75, 3.05) is 0 Å². The van der Waals surface area contributed by atoms with Gasteiger partial charge in [-0.05, 0) is 28.1 Å². The molecule has 0 saturated heterocycles. The van der Waals surface area contributed by atoms with Crippen molar-refractivity contribution < 1.29 is 8.81 Å². The van der Waals surface area contributed by atoms with Crippen LogP contribution in [0.15, 0.2) is 27.1 Å². The van der Waals surface area contributed by atoms with Crippen molar-refractivity contribution in [3.8, 4) is 0 Å². The lowest BCUT2D eigenvalue weighted by atomic mass is 10.3. The monoisotopic (exact) mass is 215 g/mol. The van der Waals surface area contributed by atoms with Crippen LogP contribution in [0.3, 0.4) is 0 Å². The summed E-state index contributed by atoms with van der Waals surface area (Å²) in [6, 6.07) is 5.21. The fraction of sp³-hybridized carbons (Fsp3) is 0. The van der Waals surface area contributed by atoms with Gasteiger partial charge in [0.15, 0.2) is 5.58 Å². The van der Waals surface area contributed by atoms with Gasteiger partial charge in [0.25, 0.3) is 0 Å². The van der Waals surface area contributed by atoms with Crippen LogP contribution in [-0.2, 0) is 0 Å². The minimum absolute atomic E-state index is 0.455. The Hall–Kier alpha value is -0.900. The third-order valence-corrected chi connectivity index (χ3v) is 1.98. The first kappa shape index (κ1) is 6.79. The Balaban J connectivity index is 2.90. The van der Waals surface area contributed by atoms with Crippen LogP contribution >= 0.6 is 15.9 Å². The number of hydrogen-bond acceptors (Lipinski definition) is 2. The van der Waals surface area contributed by atoms with Crippen LogP contribution < -0.4 is 0 Å². The van der Waals surface area contributed by atoms with Crippen molar-refractivity contribution in [1.82, 2.24) is 4.98 Å². The summed E-state index contributed by atoms with van der Waals surface area (Å²) in [7, 11) is 0. The molecule has 0 N–H and O–H groups in total. The molecule has 0 bridgehead atoms. The summed E-state index contributed by atoms with van der Waals surface area (Å²) in [5.41, 5.74) is 0.974. The Morgan fingerprint density at radius 2 is 2.27 bits per heavy atom. The van der Waals surface area contributed by atoms with Gasteiger partial charge in [0.2, 0.25) is 0 Å². The summed E-state index contributed by atoms with van der Waals surface area (Å²) in [6.07, 6.45) is -0.799. The van der Waals surface area contributed by atoms with Crippen molar-refractivity contribution in [3.63, 3.8) is 0 Å². The first-order valence-corrected chi connectivity index (χ1v) is 3.77. The van der Waals surface area contributed by atoms with Gasteiger partial charge in [0, 0.05) is 4.47 Å². The summed E-state index contributed by atoms with van der Waals surface area (Å²) in [6.45, 7) is 0. The maximum atomic E-state index is 12.4.